The molecule has 1 saturated heterocycles. The zero-order chi connectivity index (χ0) is 17.9. The molecule has 1 fully saturated rings. The Morgan fingerprint density at radius 2 is 2.08 bits per heavy atom. The van der Waals surface area contributed by atoms with Gasteiger partial charge in [0.25, 0.3) is 0 Å². The summed E-state index contributed by atoms with van der Waals surface area (Å²) in [6.07, 6.45) is -4.34. The van der Waals surface area contributed by atoms with E-state index < -0.39 is 29.7 Å². The third kappa shape index (κ3) is 4.35. The molecule has 1 unspecified atom stereocenters. The third-order valence-electron chi connectivity index (χ3n) is 3.64. The minimum absolute atomic E-state index is 0.0964. The van der Waals surface area contributed by atoms with Crippen molar-refractivity contribution in [3.63, 3.8) is 0 Å². The molecule has 0 bridgehead atoms. The molecule has 24 heavy (non-hydrogen) atoms. The Morgan fingerprint density at radius 3 is 2.71 bits per heavy atom. The monoisotopic (exact) mass is 343 g/mol. The summed E-state index contributed by atoms with van der Waals surface area (Å²) >= 11 is 0. The Balaban J connectivity index is 2.15. The van der Waals surface area contributed by atoms with Crippen molar-refractivity contribution in [1.82, 2.24) is 4.90 Å². The maximum absolute atomic E-state index is 12.7. The maximum Gasteiger partial charge on any atom is 0.416 e. The molecule has 1 aromatic rings. The molecule has 8 heteroatoms. The first-order valence-corrected chi connectivity index (χ1v) is 7.17. The molecule has 5 nitrogen and oxygen atoms in total. The second-order valence-corrected chi connectivity index (χ2v) is 5.39. The lowest BCUT2D eigenvalue weighted by atomic mass is 10.0. The van der Waals surface area contributed by atoms with Crippen molar-refractivity contribution >= 4 is 17.4 Å². The van der Waals surface area contributed by atoms with Crippen LogP contribution in [0.3, 0.4) is 0 Å². The van der Waals surface area contributed by atoms with Gasteiger partial charge in [0.05, 0.1) is 18.7 Å². The first kappa shape index (κ1) is 18.0. The number of carbonyl (C=O) groups is 2. The molecular formula is C16H16F3NO4. The quantitative estimate of drug-likeness (QED) is 0.856. The number of rotatable bonds is 3. The Kier molecular flexibility index (Phi) is 5.28. The number of hydrogen-bond donors (Lipinski definition) is 1. The summed E-state index contributed by atoms with van der Waals surface area (Å²) < 4.78 is 43.2. The average molecular weight is 343 g/mol. The number of morpholine rings is 1. The highest BCUT2D eigenvalue weighted by atomic mass is 19.4. The van der Waals surface area contributed by atoms with Gasteiger partial charge < -0.3 is 14.7 Å². The van der Waals surface area contributed by atoms with E-state index in [0.29, 0.717) is 5.57 Å². The van der Waals surface area contributed by atoms with Crippen molar-refractivity contribution in [2.24, 2.45) is 0 Å². The summed E-state index contributed by atoms with van der Waals surface area (Å²) in [6, 6.07) is 4.68. The van der Waals surface area contributed by atoms with Crippen LogP contribution in [-0.2, 0) is 20.5 Å². The predicted octanol–water partition coefficient (Wildman–Crippen LogP) is 2.42. The van der Waals surface area contributed by atoms with Crippen LogP contribution in [0, 0.1) is 0 Å². The average Bonchev–Trinajstić information content (AvgIpc) is 2.54. The van der Waals surface area contributed by atoms with E-state index in [1.165, 1.54) is 30.0 Å². The number of carboxylic acids is 1. The molecule has 1 atom stereocenters. The van der Waals surface area contributed by atoms with E-state index in [9.17, 15) is 22.8 Å². The molecule has 1 N–H and O–H groups in total. The fourth-order valence-electron chi connectivity index (χ4n) is 2.30. The lowest BCUT2D eigenvalue weighted by molar-refractivity contribution is -0.158. The van der Waals surface area contributed by atoms with Crippen molar-refractivity contribution in [3.8, 4) is 0 Å². The first-order chi connectivity index (χ1) is 11.2. The van der Waals surface area contributed by atoms with Crippen LogP contribution >= 0.6 is 0 Å². The van der Waals surface area contributed by atoms with Gasteiger partial charge in [-0.2, -0.15) is 13.2 Å². The molecule has 0 aliphatic carbocycles. The number of ether oxygens (including phenoxy) is 1. The van der Waals surface area contributed by atoms with Gasteiger partial charge in [-0.05, 0) is 30.2 Å². The molecule has 1 heterocycles. The zero-order valence-corrected chi connectivity index (χ0v) is 12.8. The smallest absolute Gasteiger partial charge is 0.416 e. The standard InChI is InChI=1S/C16H16F3NO4/c1-10(11-3-2-4-12(8-11)16(17,18)19)7-14(21)20-5-6-24-13(9-20)15(22)23/h2-4,7-8,13H,5-6,9H2,1H3,(H,22,23)/b10-7-. The summed E-state index contributed by atoms with van der Waals surface area (Å²) in [5, 5.41) is 8.92. The fourth-order valence-corrected chi connectivity index (χ4v) is 2.30. The number of amides is 1. The van der Waals surface area contributed by atoms with E-state index in [2.05, 4.69) is 0 Å². The summed E-state index contributed by atoms with van der Waals surface area (Å²) in [5.74, 6) is -1.62. The minimum atomic E-state index is -4.46. The van der Waals surface area contributed by atoms with Crippen LogP contribution in [-0.4, -0.2) is 47.7 Å². The Bertz CT molecular complexity index is 670. The number of halogens is 3. The topological polar surface area (TPSA) is 66.8 Å². The van der Waals surface area contributed by atoms with Gasteiger partial charge in [-0.3, -0.25) is 4.79 Å². The van der Waals surface area contributed by atoms with Crippen LogP contribution in [0.2, 0.25) is 0 Å². The van der Waals surface area contributed by atoms with Gasteiger partial charge in [-0.15, -0.1) is 0 Å². The van der Waals surface area contributed by atoms with Crippen LogP contribution in [0.1, 0.15) is 18.1 Å². The molecule has 0 spiro atoms. The van der Waals surface area contributed by atoms with Crippen molar-refractivity contribution in [3.05, 3.63) is 41.5 Å². The molecule has 1 aliphatic heterocycles. The third-order valence-corrected chi connectivity index (χ3v) is 3.64. The van der Waals surface area contributed by atoms with Crippen molar-refractivity contribution < 1.29 is 32.6 Å². The van der Waals surface area contributed by atoms with Crippen LogP contribution in [0.5, 0.6) is 0 Å². The largest absolute Gasteiger partial charge is 0.479 e. The number of aliphatic carboxylic acids is 1. The number of hydrogen-bond acceptors (Lipinski definition) is 3. The van der Waals surface area contributed by atoms with Crippen molar-refractivity contribution in [2.45, 2.75) is 19.2 Å². The number of nitrogens with zero attached hydrogens (tertiary/aromatic N) is 1. The lowest BCUT2D eigenvalue weighted by Gasteiger charge is -2.30. The van der Waals surface area contributed by atoms with Gasteiger partial charge in [0, 0.05) is 12.6 Å². The van der Waals surface area contributed by atoms with Gasteiger partial charge in [0.2, 0.25) is 5.91 Å². The number of carbonyl (C=O) groups excluding carboxylic acids is 1. The summed E-state index contributed by atoms with van der Waals surface area (Å²) in [7, 11) is 0. The Morgan fingerprint density at radius 1 is 1.38 bits per heavy atom. The van der Waals surface area contributed by atoms with E-state index in [-0.39, 0.29) is 25.3 Å². The molecule has 0 saturated carbocycles. The van der Waals surface area contributed by atoms with E-state index in [4.69, 9.17) is 9.84 Å². The van der Waals surface area contributed by atoms with E-state index in [0.717, 1.165) is 12.1 Å². The van der Waals surface area contributed by atoms with Crippen LogP contribution in [0.15, 0.2) is 30.3 Å². The van der Waals surface area contributed by atoms with Gasteiger partial charge in [0.1, 0.15) is 0 Å². The lowest BCUT2D eigenvalue weighted by Crippen LogP contribution is -2.48. The number of allylic oxidation sites excluding steroid dienone is 1. The molecule has 1 aliphatic rings. The molecule has 1 aromatic carbocycles. The van der Waals surface area contributed by atoms with Gasteiger partial charge in [-0.1, -0.05) is 12.1 Å². The highest BCUT2D eigenvalue weighted by molar-refractivity contribution is 5.95. The SMILES string of the molecule is C/C(=C/C(=O)N1CCOC(C(=O)O)C1)c1cccc(C(F)(F)F)c1. The number of benzene rings is 1. The normalized spacial score (nSPS) is 19.2. The Hall–Kier alpha value is -2.35. The molecular weight excluding hydrogens is 327 g/mol. The second-order valence-electron chi connectivity index (χ2n) is 5.39. The Labute approximate surface area is 136 Å². The highest BCUT2D eigenvalue weighted by Crippen LogP contribution is 2.30. The first-order valence-electron chi connectivity index (χ1n) is 7.17. The summed E-state index contributed by atoms with van der Waals surface area (Å²) in [5.41, 5.74) is -0.150. The second kappa shape index (κ2) is 7.04. The van der Waals surface area contributed by atoms with Gasteiger partial charge >= 0.3 is 12.1 Å². The van der Waals surface area contributed by atoms with E-state index in [1.807, 2.05) is 0 Å². The van der Waals surface area contributed by atoms with Crippen LogP contribution < -0.4 is 0 Å². The minimum Gasteiger partial charge on any atom is -0.479 e. The predicted molar refractivity (Wildman–Crippen MR) is 79.1 cm³/mol. The molecule has 130 valence electrons. The maximum atomic E-state index is 12.7. The van der Waals surface area contributed by atoms with Crippen molar-refractivity contribution in [2.75, 3.05) is 19.7 Å². The number of alkyl halides is 3. The van der Waals surface area contributed by atoms with Gasteiger partial charge in [-0.25, -0.2) is 4.79 Å². The van der Waals surface area contributed by atoms with E-state index in [1.54, 1.807) is 0 Å². The van der Waals surface area contributed by atoms with Crippen molar-refractivity contribution in [1.29, 1.82) is 0 Å². The molecule has 0 radical (unpaired) electrons. The molecule has 1 amide bonds. The fraction of sp³-hybridized carbons (Fsp3) is 0.375. The highest BCUT2D eigenvalue weighted by Gasteiger charge is 2.31. The van der Waals surface area contributed by atoms with Gasteiger partial charge in [0.15, 0.2) is 6.10 Å². The summed E-state index contributed by atoms with van der Waals surface area (Å²) in [4.78, 5) is 24.4. The summed E-state index contributed by atoms with van der Waals surface area (Å²) in [6.45, 7) is 1.76. The zero-order valence-electron chi connectivity index (χ0n) is 12.8. The molecule has 0 aromatic heterocycles. The van der Waals surface area contributed by atoms with E-state index >= 15 is 0 Å². The van der Waals surface area contributed by atoms with Crippen LogP contribution in [0.4, 0.5) is 13.2 Å². The van der Waals surface area contributed by atoms with Crippen LogP contribution in [0.25, 0.3) is 5.57 Å². The molecule has 2 rings (SSSR count). The number of carboxylic acid groups (broad SMARTS) is 1.